The second-order valence-electron chi connectivity index (χ2n) is 4.59. The molecule has 0 aliphatic carbocycles. The van der Waals surface area contributed by atoms with Crippen molar-refractivity contribution in [3.05, 3.63) is 58.1 Å². The van der Waals surface area contributed by atoms with Crippen LogP contribution in [0.2, 0.25) is 0 Å². The molecular weight excluding hydrogens is 334 g/mol. The molecule has 20 heavy (non-hydrogen) atoms. The van der Waals surface area contributed by atoms with Crippen LogP contribution in [0.3, 0.4) is 0 Å². The molecule has 0 aliphatic heterocycles. The molecule has 2 nitrogen and oxygen atoms in total. The molecule has 104 valence electrons. The Labute approximate surface area is 132 Å². The van der Waals surface area contributed by atoms with Crippen LogP contribution in [-0.4, -0.2) is 11.7 Å². The molecule has 0 unspecified atom stereocenters. The van der Waals surface area contributed by atoms with E-state index in [0.29, 0.717) is 5.75 Å². The number of carbonyl (C=O) groups is 1. The Balaban J connectivity index is 1.94. The molecule has 0 heterocycles. The molecule has 0 spiro atoms. The van der Waals surface area contributed by atoms with Gasteiger partial charge in [-0.25, -0.2) is 0 Å². The minimum atomic E-state index is 0.00260. The van der Waals surface area contributed by atoms with Gasteiger partial charge in [0.05, 0.1) is 11.4 Å². The number of benzene rings is 2. The van der Waals surface area contributed by atoms with E-state index >= 15 is 0 Å². The molecule has 0 saturated carbocycles. The first-order valence-corrected chi connectivity index (χ1v) is 8.08. The Hall–Kier alpha value is -1.26. The first-order valence-electron chi connectivity index (χ1n) is 6.30. The Bertz CT molecular complexity index is 628. The smallest absolute Gasteiger partial charge is 0.234 e. The fourth-order valence-corrected chi connectivity index (χ4v) is 3.19. The number of halogens is 1. The van der Waals surface area contributed by atoms with E-state index in [0.717, 1.165) is 20.6 Å². The van der Waals surface area contributed by atoms with E-state index < -0.39 is 0 Å². The van der Waals surface area contributed by atoms with Crippen molar-refractivity contribution in [2.75, 3.05) is 11.1 Å². The highest BCUT2D eigenvalue weighted by molar-refractivity contribution is 9.10. The number of amides is 1. The van der Waals surface area contributed by atoms with Crippen molar-refractivity contribution in [2.24, 2.45) is 0 Å². The average Bonchev–Trinajstić information content (AvgIpc) is 2.41. The van der Waals surface area contributed by atoms with Crippen LogP contribution in [-0.2, 0) is 4.79 Å². The lowest BCUT2D eigenvalue weighted by molar-refractivity contribution is -0.113. The van der Waals surface area contributed by atoms with Gasteiger partial charge in [-0.1, -0.05) is 24.3 Å². The molecule has 1 N–H and O–H groups in total. The maximum Gasteiger partial charge on any atom is 0.234 e. The number of aryl methyl sites for hydroxylation is 2. The van der Waals surface area contributed by atoms with E-state index in [9.17, 15) is 4.79 Å². The number of hydrogen-bond donors (Lipinski definition) is 1. The van der Waals surface area contributed by atoms with E-state index in [1.165, 1.54) is 5.56 Å². The lowest BCUT2D eigenvalue weighted by atomic mass is 10.2. The summed E-state index contributed by atoms with van der Waals surface area (Å²) in [6.45, 7) is 4.07. The zero-order valence-electron chi connectivity index (χ0n) is 11.4. The molecule has 0 saturated heterocycles. The van der Waals surface area contributed by atoms with Crippen molar-refractivity contribution in [1.82, 2.24) is 0 Å². The lowest BCUT2D eigenvalue weighted by Crippen LogP contribution is -2.14. The van der Waals surface area contributed by atoms with Crippen LogP contribution in [0.4, 0.5) is 5.69 Å². The van der Waals surface area contributed by atoms with Crippen LogP contribution < -0.4 is 5.32 Å². The normalized spacial score (nSPS) is 10.3. The first-order chi connectivity index (χ1) is 9.56. The van der Waals surface area contributed by atoms with Gasteiger partial charge in [0.25, 0.3) is 0 Å². The molecule has 2 aromatic rings. The van der Waals surface area contributed by atoms with Gasteiger partial charge in [-0.2, -0.15) is 0 Å². The summed E-state index contributed by atoms with van der Waals surface area (Å²) < 4.78 is 0.909. The van der Waals surface area contributed by atoms with Gasteiger partial charge in [0, 0.05) is 9.37 Å². The van der Waals surface area contributed by atoms with Crippen LogP contribution >= 0.6 is 27.7 Å². The summed E-state index contributed by atoms with van der Waals surface area (Å²) in [7, 11) is 0. The molecule has 2 aromatic carbocycles. The molecule has 0 atom stereocenters. The largest absolute Gasteiger partial charge is 0.324 e. The molecule has 2 rings (SSSR count). The summed E-state index contributed by atoms with van der Waals surface area (Å²) in [5.74, 6) is 0.411. The average molecular weight is 350 g/mol. The highest BCUT2D eigenvalue weighted by atomic mass is 79.9. The Kier molecular flexibility index (Phi) is 5.26. The lowest BCUT2D eigenvalue weighted by Gasteiger charge is -2.09. The summed E-state index contributed by atoms with van der Waals surface area (Å²) in [6, 6.07) is 14.0. The second kappa shape index (κ2) is 6.95. The van der Waals surface area contributed by atoms with Crippen LogP contribution in [0.5, 0.6) is 0 Å². The van der Waals surface area contributed by atoms with Gasteiger partial charge >= 0.3 is 0 Å². The van der Waals surface area contributed by atoms with Crippen LogP contribution in [0.25, 0.3) is 0 Å². The van der Waals surface area contributed by atoms with Gasteiger partial charge in [0.15, 0.2) is 0 Å². The highest BCUT2D eigenvalue weighted by Crippen LogP contribution is 2.25. The maximum absolute atomic E-state index is 12.0. The highest BCUT2D eigenvalue weighted by Gasteiger charge is 2.07. The van der Waals surface area contributed by atoms with Crippen LogP contribution in [0.15, 0.2) is 51.8 Å². The number of nitrogens with one attached hydrogen (secondary N) is 1. The fraction of sp³-hybridized carbons (Fsp3) is 0.188. The van der Waals surface area contributed by atoms with Crippen LogP contribution in [0.1, 0.15) is 11.1 Å². The van der Waals surface area contributed by atoms with E-state index in [4.69, 9.17) is 0 Å². The molecule has 0 fully saturated rings. The predicted octanol–water partition coefficient (Wildman–Crippen LogP) is 4.80. The topological polar surface area (TPSA) is 29.1 Å². The van der Waals surface area contributed by atoms with Gasteiger partial charge in [-0.15, -0.1) is 11.8 Å². The monoisotopic (exact) mass is 349 g/mol. The van der Waals surface area contributed by atoms with Crippen molar-refractivity contribution in [3.8, 4) is 0 Å². The zero-order valence-corrected chi connectivity index (χ0v) is 13.8. The predicted molar refractivity (Wildman–Crippen MR) is 89.4 cm³/mol. The SMILES string of the molecule is Cc1ccc(NC(=O)CSc2ccccc2C)c(Br)c1. The first kappa shape index (κ1) is 15.1. The fourth-order valence-electron chi connectivity index (χ4n) is 1.77. The number of thioether (sulfide) groups is 1. The Morgan fingerprint density at radius 3 is 2.65 bits per heavy atom. The third-order valence-electron chi connectivity index (χ3n) is 2.85. The molecule has 1 amide bonds. The molecule has 0 radical (unpaired) electrons. The van der Waals surface area contributed by atoms with Crippen molar-refractivity contribution in [2.45, 2.75) is 18.7 Å². The van der Waals surface area contributed by atoms with Gasteiger partial charge in [0.1, 0.15) is 0 Å². The van der Waals surface area contributed by atoms with Gasteiger partial charge in [-0.3, -0.25) is 4.79 Å². The number of rotatable bonds is 4. The van der Waals surface area contributed by atoms with Crippen molar-refractivity contribution in [1.29, 1.82) is 0 Å². The zero-order chi connectivity index (χ0) is 14.5. The van der Waals surface area contributed by atoms with E-state index in [1.807, 2.05) is 43.3 Å². The standard InChI is InChI=1S/C16H16BrNOS/c1-11-7-8-14(13(17)9-11)18-16(19)10-20-15-6-4-3-5-12(15)2/h3-9H,10H2,1-2H3,(H,18,19). The maximum atomic E-state index is 12.0. The molecule has 0 aromatic heterocycles. The molecule has 0 bridgehead atoms. The number of anilines is 1. The Morgan fingerprint density at radius 2 is 1.95 bits per heavy atom. The minimum Gasteiger partial charge on any atom is -0.324 e. The van der Waals surface area contributed by atoms with E-state index in [-0.39, 0.29) is 5.91 Å². The number of hydrogen-bond acceptors (Lipinski definition) is 2. The molecule has 4 heteroatoms. The summed E-state index contributed by atoms with van der Waals surface area (Å²) in [4.78, 5) is 13.1. The summed E-state index contributed by atoms with van der Waals surface area (Å²) in [6.07, 6.45) is 0. The summed E-state index contributed by atoms with van der Waals surface area (Å²) >= 11 is 5.02. The van der Waals surface area contributed by atoms with Crippen molar-refractivity contribution in [3.63, 3.8) is 0 Å². The van der Waals surface area contributed by atoms with Crippen molar-refractivity contribution >= 4 is 39.3 Å². The van der Waals surface area contributed by atoms with Gasteiger partial charge in [-0.05, 0) is 59.1 Å². The minimum absolute atomic E-state index is 0.00260. The van der Waals surface area contributed by atoms with E-state index in [1.54, 1.807) is 11.8 Å². The van der Waals surface area contributed by atoms with Crippen molar-refractivity contribution < 1.29 is 4.79 Å². The van der Waals surface area contributed by atoms with E-state index in [2.05, 4.69) is 34.2 Å². The summed E-state index contributed by atoms with van der Waals surface area (Å²) in [5.41, 5.74) is 3.16. The second-order valence-corrected chi connectivity index (χ2v) is 6.46. The molecule has 0 aliphatic rings. The number of carbonyl (C=O) groups excluding carboxylic acids is 1. The Morgan fingerprint density at radius 1 is 1.20 bits per heavy atom. The third kappa shape index (κ3) is 4.12. The quantitative estimate of drug-likeness (QED) is 0.803. The van der Waals surface area contributed by atoms with Crippen LogP contribution in [0, 0.1) is 13.8 Å². The van der Waals surface area contributed by atoms with Gasteiger partial charge < -0.3 is 5.32 Å². The summed E-state index contributed by atoms with van der Waals surface area (Å²) in [5, 5.41) is 2.92. The molecular formula is C16H16BrNOS. The third-order valence-corrected chi connectivity index (χ3v) is 4.68. The van der Waals surface area contributed by atoms with Gasteiger partial charge in [0.2, 0.25) is 5.91 Å².